The Morgan fingerprint density at radius 3 is 2.57 bits per heavy atom. The third kappa shape index (κ3) is 4.43. The standard InChI is InChI=1S/C21H17F2NO4/c1-27-20(25)14-7-9-17(12-15-11-16(22)8-10-19(15)23)24(13-14)21(26)28-18-5-3-2-4-6-18/h2-11,13,17H,12H2,1H3. The van der Waals surface area contributed by atoms with E-state index >= 15 is 0 Å². The summed E-state index contributed by atoms with van der Waals surface area (Å²) in [6, 6.07) is 10.8. The van der Waals surface area contributed by atoms with Gasteiger partial charge in [-0.2, -0.15) is 0 Å². The van der Waals surface area contributed by atoms with Crippen LogP contribution in [0.3, 0.4) is 0 Å². The van der Waals surface area contributed by atoms with Crippen molar-refractivity contribution in [3.05, 3.63) is 89.7 Å². The van der Waals surface area contributed by atoms with Gasteiger partial charge < -0.3 is 9.47 Å². The Morgan fingerprint density at radius 2 is 1.86 bits per heavy atom. The Morgan fingerprint density at radius 1 is 1.11 bits per heavy atom. The highest BCUT2D eigenvalue weighted by Gasteiger charge is 2.28. The third-order valence-corrected chi connectivity index (χ3v) is 4.15. The average molecular weight is 385 g/mol. The van der Waals surface area contributed by atoms with Crippen LogP contribution in [0.2, 0.25) is 0 Å². The van der Waals surface area contributed by atoms with E-state index in [1.54, 1.807) is 36.4 Å². The van der Waals surface area contributed by atoms with Crippen molar-refractivity contribution in [1.82, 2.24) is 4.90 Å². The van der Waals surface area contributed by atoms with Gasteiger partial charge in [0.2, 0.25) is 0 Å². The summed E-state index contributed by atoms with van der Waals surface area (Å²) >= 11 is 0. The minimum atomic E-state index is -0.765. The summed E-state index contributed by atoms with van der Waals surface area (Å²) in [5.41, 5.74) is 0.227. The molecule has 0 saturated heterocycles. The van der Waals surface area contributed by atoms with Crippen LogP contribution in [-0.2, 0) is 16.0 Å². The number of ether oxygens (including phenoxy) is 2. The molecule has 1 heterocycles. The molecule has 0 bridgehead atoms. The Labute approximate surface area is 160 Å². The zero-order chi connectivity index (χ0) is 20.1. The lowest BCUT2D eigenvalue weighted by Crippen LogP contribution is -2.40. The molecule has 0 saturated carbocycles. The highest BCUT2D eigenvalue weighted by atomic mass is 19.1. The Bertz CT molecular complexity index is 941. The van der Waals surface area contributed by atoms with Crippen LogP contribution in [0.15, 0.2) is 72.5 Å². The molecule has 1 amide bonds. The summed E-state index contributed by atoms with van der Waals surface area (Å²) < 4.78 is 37.5. The first kappa shape index (κ1) is 19.3. The quantitative estimate of drug-likeness (QED) is 0.747. The van der Waals surface area contributed by atoms with Crippen molar-refractivity contribution in [2.24, 2.45) is 0 Å². The van der Waals surface area contributed by atoms with Gasteiger partial charge in [0.25, 0.3) is 0 Å². The fourth-order valence-electron chi connectivity index (χ4n) is 2.76. The van der Waals surface area contributed by atoms with Gasteiger partial charge in [-0.25, -0.2) is 18.4 Å². The second-order valence-electron chi connectivity index (χ2n) is 6.03. The van der Waals surface area contributed by atoms with E-state index in [-0.39, 0.29) is 17.6 Å². The fraction of sp³-hybridized carbons (Fsp3) is 0.143. The average Bonchev–Trinajstić information content (AvgIpc) is 2.71. The summed E-state index contributed by atoms with van der Waals surface area (Å²) in [5, 5.41) is 0. The van der Waals surface area contributed by atoms with E-state index in [1.807, 2.05) is 0 Å². The van der Waals surface area contributed by atoms with Crippen molar-refractivity contribution >= 4 is 12.1 Å². The maximum atomic E-state index is 14.0. The van der Waals surface area contributed by atoms with Crippen LogP contribution in [0, 0.1) is 11.6 Å². The lowest BCUT2D eigenvalue weighted by Gasteiger charge is -2.29. The van der Waals surface area contributed by atoms with Gasteiger partial charge in [-0.15, -0.1) is 0 Å². The topological polar surface area (TPSA) is 55.8 Å². The van der Waals surface area contributed by atoms with Gasteiger partial charge in [0.15, 0.2) is 0 Å². The second-order valence-corrected chi connectivity index (χ2v) is 6.03. The number of benzene rings is 2. The molecule has 1 atom stereocenters. The lowest BCUT2D eigenvalue weighted by molar-refractivity contribution is -0.135. The highest BCUT2D eigenvalue weighted by molar-refractivity contribution is 5.92. The molecule has 0 radical (unpaired) electrons. The SMILES string of the molecule is COC(=O)C1=CN(C(=O)Oc2ccccc2)C(Cc2cc(F)ccc2F)C=C1. The summed E-state index contributed by atoms with van der Waals surface area (Å²) in [5.74, 6) is -1.50. The number of nitrogens with zero attached hydrogens (tertiary/aromatic N) is 1. The number of carbonyl (C=O) groups excluding carboxylic acids is 2. The van der Waals surface area contributed by atoms with E-state index in [9.17, 15) is 18.4 Å². The zero-order valence-corrected chi connectivity index (χ0v) is 15.0. The van der Waals surface area contributed by atoms with Gasteiger partial charge in [-0.3, -0.25) is 4.90 Å². The molecule has 7 heteroatoms. The highest BCUT2D eigenvalue weighted by Crippen LogP contribution is 2.22. The third-order valence-electron chi connectivity index (χ3n) is 4.15. The van der Waals surface area contributed by atoms with Crippen LogP contribution in [0.4, 0.5) is 13.6 Å². The number of rotatable bonds is 4. The number of hydrogen-bond donors (Lipinski definition) is 0. The summed E-state index contributed by atoms with van der Waals surface area (Å²) in [7, 11) is 1.22. The van der Waals surface area contributed by atoms with Crippen LogP contribution in [0.1, 0.15) is 5.56 Å². The van der Waals surface area contributed by atoms with Gasteiger partial charge in [-0.05, 0) is 48.4 Å². The van der Waals surface area contributed by atoms with E-state index in [1.165, 1.54) is 19.4 Å². The molecule has 0 spiro atoms. The molecule has 2 aromatic carbocycles. The first-order valence-corrected chi connectivity index (χ1v) is 8.45. The van der Waals surface area contributed by atoms with Crippen molar-refractivity contribution in [3.8, 4) is 5.75 Å². The minimum Gasteiger partial charge on any atom is -0.465 e. The van der Waals surface area contributed by atoms with Gasteiger partial charge in [0, 0.05) is 6.20 Å². The predicted octanol–water partition coefficient (Wildman–Crippen LogP) is 4.00. The van der Waals surface area contributed by atoms with Gasteiger partial charge in [0.05, 0.1) is 18.7 Å². The summed E-state index contributed by atoms with van der Waals surface area (Å²) in [6.45, 7) is 0. The van der Waals surface area contributed by atoms with Crippen molar-refractivity contribution in [2.45, 2.75) is 12.5 Å². The normalized spacial score (nSPS) is 15.8. The molecule has 5 nitrogen and oxygen atoms in total. The Hall–Kier alpha value is -3.48. The van der Waals surface area contributed by atoms with Gasteiger partial charge >= 0.3 is 12.1 Å². The molecule has 3 rings (SSSR count). The number of carbonyl (C=O) groups is 2. The summed E-state index contributed by atoms with van der Waals surface area (Å²) in [6.07, 6.45) is 3.52. The van der Waals surface area contributed by atoms with Crippen LogP contribution in [0.5, 0.6) is 5.75 Å². The number of esters is 1. The monoisotopic (exact) mass is 385 g/mol. The number of halogens is 2. The molecular weight excluding hydrogens is 368 g/mol. The van der Waals surface area contributed by atoms with E-state index in [2.05, 4.69) is 4.74 Å². The molecule has 1 aliphatic rings. The molecule has 0 aliphatic carbocycles. The van der Waals surface area contributed by atoms with Crippen molar-refractivity contribution in [1.29, 1.82) is 0 Å². The first-order chi connectivity index (χ1) is 13.5. The molecule has 144 valence electrons. The van der Waals surface area contributed by atoms with Crippen LogP contribution >= 0.6 is 0 Å². The molecule has 0 N–H and O–H groups in total. The van der Waals surface area contributed by atoms with Gasteiger partial charge in [-0.1, -0.05) is 24.3 Å². The van der Waals surface area contributed by atoms with Crippen molar-refractivity contribution in [3.63, 3.8) is 0 Å². The zero-order valence-electron chi connectivity index (χ0n) is 15.0. The van der Waals surface area contributed by atoms with Gasteiger partial charge in [0.1, 0.15) is 17.4 Å². The smallest absolute Gasteiger partial charge is 0.419 e. The number of para-hydroxylation sites is 1. The van der Waals surface area contributed by atoms with Crippen LogP contribution in [0.25, 0.3) is 0 Å². The second kappa shape index (κ2) is 8.47. The molecular formula is C21H17F2NO4. The molecule has 2 aromatic rings. The van der Waals surface area contributed by atoms with Crippen LogP contribution < -0.4 is 4.74 Å². The van der Waals surface area contributed by atoms with E-state index in [0.29, 0.717) is 5.75 Å². The maximum absolute atomic E-state index is 14.0. The minimum absolute atomic E-state index is 0.00502. The Kier molecular flexibility index (Phi) is 5.84. The van der Waals surface area contributed by atoms with Crippen molar-refractivity contribution < 1.29 is 27.8 Å². The largest absolute Gasteiger partial charge is 0.465 e. The fourth-order valence-corrected chi connectivity index (χ4v) is 2.76. The lowest BCUT2D eigenvalue weighted by atomic mass is 10.0. The summed E-state index contributed by atoms with van der Waals surface area (Å²) in [4.78, 5) is 25.7. The van der Waals surface area contributed by atoms with Crippen LogP contribution in [-0.4, -0.2) is 30.1 Å². The predicted molar refractivity (Wildman–Crippen MR) is 97.4 cm³/mol. The molecule has 0 fully saturated rings. The van der Waals surface area contributed by atoms with Crippen molar-refractivity contribution in [2.75, 3.05) is 7.11 Å². The number of amides is 1. The van der Waals surface area contributed by atoms with E-state index < -0.39 is 29.7 Å². The maximum Gasteiger partial charge on any atom is 0.419 e. The molecule has 1 aliphatic heterocycles. The first-order valence-electron chi connectivity index (χ1n) is 8.45. The molecule has 0 aromatic heterocycles. The van der Waals surface area contributed by atoms with E-state index in [0.717, 1.165) is 23.1 Å². The molecule has 1 unspecified atom stereocenters. The number of hydrogen-bond acceptors (Lipinski definition) is 4. The Balaban J connectivity index is 1.88. The number of methoxy groups -OCH3 is 1. The molecule has 28 heavy (non-hydrogen) atoms. The van der Waals surface area contributed by atoms with E-state index in [4.69, 9.17) is 4.74 Å².